The maximum Gasteiger partial charge on any atom is 0.126 e. The van der Waals surface area contributed by atoms with Crippen molar-refractivity contribution in [1.29, 1.82) is 0 Å². The summed E-state index contributed by atoms with van der Waals surface area (Å²) in [4.78, 5) is 0. The Kier molecular flexibility index (Phi) is 4.50. The topological polar surface area (TPSA) is 20.2 Å². The van der Waals surface area contributed by atoms with Gasteiger partial charge in [0.1, 0.15) is 11.6 Å². The van der Waals surface area contributed by atoms with Gasteiger partial charge in [0.15, 0.2) is 0 Å². The van der Waals surface area contributed by atoms with E-state index >= 15 is 0 Å². The first-order valence-electron chi connectivity index (χ1n) is 6.71. The zero-order chi connectivity index (χ0) is 14.6. The van der Waals surface area contributed by atoms with Crippen molar-refractivity contribution >= 4 is 0 Å². The minimum absolute atomic E-state index is 0.0638. The van der Waals surface area contributed by atoms with Gasteiger partial charge in [0.2, 0.25) is 0 Å². The number of aliphatic hydroxyl groups excluding tert-OH is 1. The fourth-order valence-electron chi connectivity index (χ4n) is 2.59. The van der Waals surface area contributed by atoms with Crippen LogP contribution in [0.25, 0.3) is 0 Å². The lowest BCUT2D eigenvalue weighted by Gasteiger charge is -2.31. The average Bonchev–Trinajstić information content (AvgIpc) is 2.45. The lowest BCUT2D eigenvalue weighted by molar-refractivity contribution is 0.186. The van der Waals surface area contributed by atoms with E-state index in [2.05, 4.69) is 0 Å². The van der Waals surface area contributed by atoms with Crippen molar-refractivity contribution in [1.82, 2.24) is 0 Å². The normalized spacial score (nSPS) is 14.0. The molecule has 20 heavy (non-hydrogen) atoms. The van der Waals surface area contributed by atoms with Gasteiger partial charge in [-0.15, -0.1) is 0 Å². The van der Waals surface area contributed by atoms with Crippen LogP contribution in [0.4, 0.5) is 8.78 Å². The van der Waals surface area contributed by atoms with Crippen LogP contribution < -0.4 is 0 Å². The molecule has 0 fully saturated rings. The molecule has 0 aliphatic rings. The number of hydrogen-bond acceptors (Lipinski definition) is 1. The van der Waals surface area contributed by atoms with E-state index in [0.717, 1.165) is 11.6 Å². The van der Waals surface area contributed by atoms with Crippen LogP contribution in [0.1, 0.15) is 24.5 Å². The standard InChI is InChI=1S/C17H18F2O/c1-2-17(12-20,14-6-4-3-5-7-14)11-13-8-15(18)10-16(19)9-13/h3-10,20H,2,11-12H2,1H3. The third kappa shape index (κ3) is 3.05. The van der Waals surface area contributed by atoms with Crippen LogP contribution >= 0.6 is 0 Å². The van der Waals surface area contributed by atoms with Gasteiger partial charge in [-0.25, -0.2) is 8.78 Å². The Balaban J connectivity index is 2.39. The van der Waals surface area contributed by atoms with Gasteiger partial charge in [0.05, 0.1) is 6.61 Å². The third-order valence-electron chi connectivity index (χ3n) is 3.83. The Hall–Kier alpha value is -1.74. The Morgan fingerprint density at radius 1 is 1.00 bits per heavy atom. The molecule has 0 aliphatic heterocycles. The number of benzene rings is 2. The molecule has 1 atom stereocenters. The molecule has 2 rings (SSSR count). The van der Waals surface area contributed by atoms with Crippen molar-refractivity contribution < 1.29 is 13.9 Å². The van der Waals surface area contributed by atoms with Crippen molar-refractivity contribution in [2.75, 3.05) is 6.61 Å². The van der Waals surface area contributed by atoms with Gasteiger partial charge in [0, 0.05) is 11.5 Å². The summed E-state index contributed by atoms with van der Waals surface area (Å²) in [5, 5.41) is 9.84. The quantitative estimate of drug-likeness (QED) is 0.879. The molecular weight excluding hydrogens is 258 g/mol. The Morgan fingerprint density at radius 2 is 1.60 bits per heavy atom. The highest BCUT2D eigenvalue weighted by Gasteiger charge is 2.30. The Labute approximate surface area is 117 Å². The first-order valence-corrected chi connectivity index (χ1v) is 6.71. The maximum atomic E-state index is 13.3. The molecule has 1 unspecified atom stereocenters. The van der Waals surface area contributed by atoms with Crippen LogP contribution in [-0.4, -0.2) is 11.7 Å². The fourth-order valence-corrected chi connectivity index (χ4v) is 2.59. The van der Waals surface area contributed by atoms with Gasteiger partial charge in [-0.1, -0.05) is 37.3 Å². The average molecular weight is 276 g/mol. The second kappa shape index (κ2) is 6.14. The molecule has 0 aromatic heterocycles. The molecule has 0 spiro atoms. The molecule has 0 aliphatic carbocycles. The molecule has 0 saturated heterocycles. The first kappa shape index (κ1) is 14.7. The number of aliphatic hydroxyl groups is 1. The Bertz CT molecular complexity index is 542. The van der Waals surface area contributed by atoms with E-state index in [1.54, 1.807) is 0 Å². The largest absolute Gasteiger partial charge is 0.395 e. The highest BCUT2D eigenvalue weighted by atomic mass is 19.1. The van der Waals surface area contributed by atoms with Crippen molar-refractivity contribution in [2.45, 2.75) is 25.2 Å². The molecule has 1 nitrogen and oxygen atoms in total. The van der Waals surface area contributed by atoms with E-state index in [1.807, 2.05) is 37.3 Å². The molecule has 0 saturated carbocycles. The van der Waals surface area contributed by atoms with Gasteiger partial charge in [-0.3, -0.25) is 0 Å². The number of rotatable bonds is 5. The van der Waals surface area contributed by atoms with Gasteiger partial charge in [-0.05, 0) is 36.1 Å². The molecular formula is C17H18F2O. The summed E-state index contributed by atoms with van der Waals surface area (Å²) in [6.07, 6.45) is 1.09. The van der Waals surface area contributed by atoms with E-state index in [9.17, 15) is 13.9 Å². The molecule has 106 valence electrons. The minimum atomic E-state index is -0.587. The summed E-state index contributed by atoms with van der Waals surface area (Å²) in [6, 6.07) is 13.1. The summed E-state index contributed by atoms with van der Waals surface area (Å²) in [5.74, 6) is -1.17. The van der Waals surface area contributed by atoms with Crippen LogP contribution in [0.15, 0.2) is 48.5 Å². The Morgan fingerprint density at radius 3 is 2.10 bits per heavy atom. The smallest absolute Gasteiger partial charge is 0.126 e. The molecule has 2 aromatic rings. The van der Waals surface area contributed by atoms with Gasteiger partial charge >= 0.3 is 0 Å². The predicted molar refractivity (Wildman–Crippen MR) is 75.6 cm³/mol. The van der Waals surface area contributed by atoms with Crippen LogP contribution in [0.2, 0.25) is 0 Å². The third-order valence-corrected chi connectivity index (χ3v) is 3.83. The molecule has 3 heteroatoms. The molecule has 0 radical (unpaired) electrons. The molecule has 1 N–H and O–H groups in total. The van der Waals surface area contributed by atoms with Crippen LogP contribution in [0.3, 0.4) is 0 Å². The SMILES string of the molecule is CCC(CO)(Cc1cc(F)cc(F)c1)c1ccccc1. The molecule has 2 aromatic carbocycles. The summed E-state index contributed by atoms with van der Waals surface area (Å²) in [7, 11) is 0. The molecule has 0 bridgehead atoms. The van der Waals surface area contributed by atoms with Crippen molar-refractivity contribution in [3.63, 3.8) is 0 Å². The van der Waals surface area contributed by atoms with Gasteiger partial charge in [-0.2, -0.15) is 0 Å². The van der Waals surface area contributed by atoms with E-state index in [-0.39, 0.29) is 6.61 Å². The van der Waals surface area contributed by atoms with Crippen molar-refractivity contribution in [2.24, 2.45) is 0 Å². The summed E-state index contributed by atoms with van der Waals surface area (Å²) < 4.78 is 26.6. The monoisotopic (exact) mass is 276 g/mol. The lowest BCUT2D eigenvalue weighted by atomic mass is 9.74. The highest BCUT2D eigenvalue weighted by Crippen LogP contribution is 2.32. The summed E-state index contributed by atoms with van der Waals surface area (Å²) in [5.41, 5.74) is 1.03. The van der Waals surface area contributed by atoms with Crippen LogP contribution in [0.5, 0.6) is 0 Å². The second-order valence-electron chi connectivity index (χ2n) is 5.11. The lowest BCUT2D eigenvalue weighted by Crippen LogP contribution is -2.32. The number of halogens is 2. The minimum Gasteiger partial charge on any atom is -0.395 e. The van der Waals surface area contributed by atoms with Crippen LogP contribution in [-0.2, 0) is 11.8 Å². The highest BCUT2D eigenvalue weighted by molar-refractivity contribution is 5.30. The zero-order valence-electron chi connectivity index (χ0n) is 11.4. The summed E-state index contributed by atoms with van der Waals surface area (Å²) in [6.45, 7) is 1.91. The summed E-state index contributed by atoms with van der Waals surface area (Å²) >= 11 is 0. The predicted octanol–water partition coefficient (Wildman–Crippen LogP) is 3.85. The molecule has 0 amide bonds. The van der Waals surface area contributed by atoms with Gasteiger partial charge in [0.25, 0.3) is 0 Å². The van der Waals surface area contributed by atoms with E-state index < -0.39 is 17.0 Å². The van der Waals surface area contributed by atoms with Gasteiger partial charge < -0.3 is 5.11 Å². The first-order chi connectivity index (χ1) is 9.59. The van der Waals surface area contributed by atoms with E-state index in [1.165, 1.54) is 12.1 Å². The van der Waals surface area contributed by atoms with E-state index in [4.69, 9.17) is 0 Å². The fraction of sp³-hybridized carbons (Fsp3) is 0.294. The molecule has 0 heterocycles. The number of hydrogen-bond donors (Lipinski definition) is 1. The second-order valence-corrected chi connectivity index (χ2v) is 5.11. The van der Waals surface area contributed by atoms with Crippen molar-refractivity contribution in [3.8, 4) is 0 Å². The van der Waals surface area contributed by atoms with E-state index in [0.29, 0.717) is 18.4 Å². The van der Waals surface area contributed by atoms with Crippen LogP contribution in [0, 0.1) is 11.6 Å². The maximum absolute atomic E-state index is 13.3. The van der Waals surface area contributed by atoms with Crippen molar-refractivity contribution in [3.05, 3.63) is 71.3 Å². The zero-order valence-corrected chi connectivity index (χ0v) is 11.4.